The van der Waals surface area contributed by atoms with Gasteiger partial charge in [-0.1, -0.05) is 60.7 Å². The van der Waals surface area contributed by atoms with Crippen LogP contribution in [0.5, 0.6) is 0 Å². The van der Waals surface area contributed by atoms with Crippen LogP contribution in [0.2, 0.25) is 0 Å². The monoisotopic (exact) mass is 398 g/mol. The number of fused-ring (bicyclic) bond motifs is 2. The number of carbonyl (C=O) groups excluding carboxylic acids is 1. The summed E-state index contributed by atoms with van der Waals surface area (Å²) in [5.41, 5.74) is 2.31. The topological polar surface area (TPSA) is 57.6 Å². The number of amides is 1. The van der Waals surface area contributed by atoms with Gasteiger partial charge in [-0.2, -0.15) is 0 Å². The number of benzene rings is 3. The molecule has 1 amide bonds. The number of carbonyl (C=O) groups is 1. The zero-order valence-corrected chi connectivity index (χ0v) is 16.7. The van der Waals surface area contributed by atoms with Gasteiger partial charge in [0.2, 0.25) is 5.56 Å². The number of piperazine rings is 1. The van der Waals surface area contributed by atoms with Crippen molar-refractivity contribution < 1.29 is 9.69 Å². The molecule has 0 unspecified atom stereocenters. The summed E-state index contributed by atoms with van der Waals surface area (Å²) in [6.07, 6.45) is 0. The van der Waals surface area contributed by atoms with E-state index in [9.17, 15) is 9.59 Å². The van der Waals surface area contributed by atoms with Crippen molar-refractivity contribution in [2.45, 2.75) is 6.54 Å². The molecule has 5 rings (SSSR count). The van der Waals surface area contributed by atoms with Crippen molar-refractivity contribution in [3.63, 3.8) is 0 Å². The molecule has 0 saturated carbocycles. The van der Waals surface area contributed by atoms with Crippen LogP contribution in [0.4, 0.5) is 0 Å². The number of hydrogen-bond acceptors (Lipinski definition) is 2. The molecule has 0 spiro atoms. The molecule has 1 aliphatic heterocycles. The number of rotatable bonds is 3. The van der Waals surface area contributed by atoms with E-state index in [0.29, 0.717) is 24.2 Å². The lowest BCUT2D eigenvalue weighted by Crippen LogP contribution is -3.13. The molecule has 1 saturated heterocycles. The summed E-state index contributed by atoms with van der Waals surface area (Å²) in [4.78, 5) is 31.4. The summed E-state index contributed by atoms with van der Waals surface area (Å²) >= 11 is 0. The van der Waals surface area contributed by atoms with Crippen molar-refractivity contribution in [1.82, 2.24) is 9.88 Å². The van der Waals surface area contributed by atoms with E-state index in [1.165, 1.54) is 27.3 Å². The molecule has 0 radical (unpaired) electrons. The van der Waals surface area contributed by atoms with E-state index in [4.69, 9.17) is 0 Å². The largest absolute Gasteiger partial charge is 0.328 e. The first-order chi connectivity index (χ1) is 14.7. The van der Waals surface area contributed by atoms with Gasteiger partial charge in [0.1, 0.15) is 6.54 Å². The van der Waals surface area contributed by atoms with E-state index >= 15 is 0 Å². The van der Waals surface area contributed by atoms with Crippen molar-refractivity contribution in [1.29, 1.82) is 0 Å². The minimum Gasteiger partial charge on any atom is -0.328 e. The molecule has 30 heavy (non-hydrogen) atoms. The fraction of sp³-hybridized carbons (Fsp3) is 0.200. The molecule has 5 heteroatoms. The number of aromatic amines is 1. The maximum Gasteiger partial charge on any atom is 0.255 e. The highest BCUT2D eigenvalue weighted by atomic mass is 16.2. The summed E-state index contributed by atoms with van der Waals surface area (Å²) in [7, 11) is 0. The molecule has 4 aromatic rings. The summed E-state index contributed by atoms with van der Waals surface area (Å²) in [5, 5.41) is 3.37. The van der Waals surface area contributed by atoms with Crippen molar-refractivity contribution in [2.75, 3.05) is 26.2 Å². The molecular weight excluding hydrogens is 374 g/mol. The van der Waals surface area contributed by atoms with Crippen LogP contribution in [0, 0.1) is 0 Å². The molecule has 1 fully saturated rings. The number of H-pyrrole nitrogens is 1. The lowest BCUT2D eigenvalue weighted by molar-refractivity contribution is -0.917. The summed E-state index contributed by atoms with van der Waals surface area (Å²) in [5.74, 6) is -0.0542. The minimum atomic E-state index is -0.239. The predicted octanol–water partition coefficient (Wildman–Crippen LogP) is 2.22. The normalized spacial score (nSPS) is 15.0. The second kappa shape index (κ2) is 7.76. The Balaban J connectivity index is 1.32. The molecule has 150 valence electrons. The minimum absolute atomic E-state index is 0.0542. The molecule has 1 aromatic heterocycles. The van der Waals surface area contributed by atoms with Crippen LogP contribution >= 0.6 is 0 Å². The van der Waals surface area contributed by atoms with Gasteiger partial charge in [-0.25, -0.2) is 0 Å². The van der Waals surface area contributed by atoms with E-state index in [1.807, 2.05) is 29.2 Å². The predicted molar refractivity (Wildman–Crippen MR) is 119 cm³/mol. The molecule has 2 N–H and O–H groups in total. The van der Waals surface area contributed by atoms with E-state index in [0.717, 1.165) is 25.0 Å². The van der Waals surface area contributed by atoms with Gasteiger partial charge < -0.3 is 14.8 Å². The standard InChI is InChI=1S/C25H23N3O2/c29-24-16-22(21-10-3-4-11-23(21)26-24)25(30)28-14-12-27(13-15-28)17-19-8-5-7-18-6-1-2-9-20(18)19/h1-11,16H,12-15,17H2,(H,26,29)/p+1. The van der Waals surface area contributed by atoms with Gasteiger partial charge in [0, 0.05) is 22.5 Å². The lowest BCUT2D eigenvalue weighted by Gasteiger charge is -2.32. The van der Waals surface area contributed by atoms with E-state index < -0.39 is 0 Å². The summed E-state index contributed by atoms with van der Waals surface area (Å²) in [6, 6.07) is 23.9. The van der Waals surface area contributed by atoms with Crippen molar-refractivity contribution in [3.05, 3.63) is 94.3 Å². The Kier molecular flexibility index (Phi) is 4.81. The van der Waals surface area contributed by atoms with Crippen LogP contribution in [0.15, 0.2) is 77.6 Å². The smallest absolute Gasteiger partial charge is 0.255 e. The van der Waals surface area contributed by atoms with Crippen molar-refractivity contribution in [2.24, 2.45) is 0 Å². The number of aromatic nitrogens is 1. The fourth-order valence-corrected chi connectivity index (χ4v) is 4.47. The fourth-order valence-electron chi connectivity index (χ4n) is 4.47. The zero-order valence-electron chi connectivity index (χ0n) is 16.7. The first-order valence-electron chi connectivity index (χ1n) is 10.4. The van der Waals surface area contributed by atoms with Gasteiger partial charge in [0.25, 0.3) is 5.91 Å². The second-order valence-electron chi connectivity index (χ2n) is 7.95. The second-order valence-corrected chi connectivity index (χ2v) is 7.95. The first kappa shape index (κ1) is 18.6. The maximum absolute atomic E-state index is 13.2. The van der Waals surface area contributed by atoms with Gasteiger partial charge in [-0.3, -0.25) is 9.59 Å². The highest BCUT2D eigenvalue weighted by Crippen LogP contribution is 2.18. The van der Waals surface area contributed by atoms with Crippen LogP contribution in [0.1, 0.15) is 15.9 Å². The Labute approximate surface area is 174 Å². The SMILES string of the molecule is O=C(c1cc(=O)[nH]c2ccccc12)N1CC[NH+](Cc2cccc3ccccc23)CC1. The third-order valence-electron chi connectivity index (χ3n) is 6.06. The highest BCUT2D eigenvalue weighted by molar-refractivity contribution is 6.05. The molecule has 0 aliphatic carbocycles. The summed E-state index contributed by atoms with van der Waals surface area (Å²) < 4.78 is 0. The first-order valence-corrected chi connectivity index (χ1v) is 10.4. The van der Waals surface area contributed by atoms with E-state index in [1.54, 1.807) is 0 Å². The Morgan fingerprint density at radius 2 is 1.60 bits per heavy atom. The van der Waals surface area contributed by atoms with Gasteiger partial charge in [0.15, 0.2) is 0 Å². The molecule has 5 nitrogen and oxygen atoms in total. The molecular formula is C25H24N3O2+. The number of nitrogens with zero attached hydrogens (tertiary/aromatic N) is 1. The molecule has 0 atom stereocenters. The third-order valence-corrected chi connectivity index (χ3v) is 6.06. The number of quaternary nitrogens is 1. The molecule has 2 heterocycles. The Bertz CT molecular complexity index is 1280. The molecule has 0 bridgehead atoms. The average Bonchev–Trinajstić information content (AvgIpc) is 2.79. The van der Waals surface area contributed by atoms with Crippen molar-refractivity contribution >= 4 is 27.6 Å². The van der Waals surface area contributed by atoms with Crippen LogP contribution in [-0.4, -0.2) is 42.0 Å². The average molecular weight is 398 g/mol. The Hall–Kier alpha value is -3.44. The number of para-hydroxylation sites is 1. The quantitative estimate of drug-likeness (QED) is 0.556. The van der Waals surface area contributed by atoms with E-state index in [-0.39, 0.29) is 11.5 Å². The zero-order chi connectivity index (χ0) is 20.5. The van der Waals surface area contributed by atoms with Gasteiger partial charge >= 0.3 is 0 Å². The highest BCUT2D eigenvalue weighted by Gasteiger charge is 2.26. The van der Waals surface area contributed by atoms with Gasteiger partial charge in [-0.15, -0.1) is 0 Å². The lowest BCUT2D eigenvalue weighted by atomic mass is 10.0. The molecule has 1 aliphatic rings. The third kappa shape index (κ3) is 3.48. The maximum atomic E-state index is 13.2. The van der Waals surface area contributed by atoms with Crippen LogP contribution in [-0.2, 0) is 6.54 Å². The van der Waals surface area contributed by atoms with Gasteiger partial charge in [-0.05, 0) is 16.8 Å². The van der Waals surface area contributed by atoms with Gasteiger partial charge in [0.05, 0.1) is 31.7 Å². The molecule has 3 aromatic carbocycles. The van der Waals surface area contributed by atoms with Crippen LogP contribution in [0.3, 0.4) is 0 Å². The van der Waals surface area contributed by atoms with Crippen LogP contribution < -0.4 is 10.5 Å². The number of pyridine rings is 1. The number of nitrogens with one attached hydrogen (secondary N) is 2. The van der Waals surface area contributed by atoms with Crippen LogP contribution in [0.25, 0.3) is 21.7 Å². The summed E-state index contributed by atoms with van der Waals surface area (Å²) in [6.45, 7) is 4.14. The van der Waals surface area contributed by atoms with E-state index in [2.05, 4.69) is 47.4 Å². The Morgan fingerprint density at radius 1 is 0.900 bits per heavy atom. The Morgan fingerprint density at radius 3 is 2.43 bits per heavy atom. The number of hydrogen-bond donors (Lipinski definition) is 2. The van der Waals surface area contributed by atoms with Crippen molar-refractivity contribution in [3.8, 4) is 0 Å².